The van der Waals surface area contributed by atoms with Crippen LogP contribution in [-0.2, 0) is 4.79 Å². The van der Waals surface area contributed by atoms with E-state index in [0.29, 0.717) is 28.7 Å². The minimum absolute atomic E-state index is 0.00405. The van der Waals surface area contributed by atoms with Gasteiger partial charge < -0.3 is 15.3 Å². The predicted octanol–water partition coefficient (Wildman–Crippen LogP) is 2.35. The average molecular weight is 433 g/mol. The van der Waals surface area contributed by atoms with Crippen molar-refractivity contribution in [1.29, 1.82) is 0 Å². The van der Waals surface area contributed by atoms with Gasteiger partial charge in [0.15, 0.2) is 18.2 Å². The van der Waals surface area contributed by atoms with E-state index in [1.165, 1.54) is 37.4 Å². The fourth-order valence-corrected chi connectivity index (χ4v) is 3.63. The minimum Gasteiger partial charge on any atom is -0.619 e. The third-order valence-corrected chi connectivity index (χ3v) is 5.87. The molecule has 0 aromatic carbocycles. The first kappa shape index (κ1) is 21.4. The summed E-state index contributed by atoms with van der Waals surface area (Å²) in [6, 6.07) is 5.42. The van der Waals surface area contributed by atoms with Gasteiger partial charge in [-0.15, -0.1) is 10.2 Å². The number of alkyl halides is 2. The van der Waals surface area contributed by atoms with Crippen LogP contribution in [0.4, 0.5) is 14.6 Å². The summed E-state index contributed by atoms with van der Waals surface area (Å²) < 4.78 is 35.2. The number of anilines is 1. The van der Waals surface area contributed by atoms with Gasteiger partial charge in [0.05, 0.1) is 18.6 Å². The van der Waals surface area contributed by atoms with Crippen molar-refractivity contribution in [2.45, 2.75) is 44.1 Å². The van der Waals surface area contributed by atoms with Crippen LogP contribution in [0.15, 0.2) is 36.7 Å². The standard InChI is InChI=1S/C21H25F2N5O3/c1-14(20(29)24-18-4-5-19(26-25-18)31-13-15-2-3-15)27-11-8-21(22,23)17(12-27)16-6-9-28(30)10-7-16/h4-7,9-10,14-15,17H,2-3,8,11-13H2,1H3,(H,24,25,29)/t14-,17+/m0/s1. The van der Waals surface area contributed by atoms with Gasteiger partial charge in [-0.05, 0) is 37.3 Å². The van der Waals surface area contributed by atoms with Crippen molar-refractivity contribution < 1.29 is 23.0 Å². The lowest BCUT2D eigenvalue weighted by Crippen LogP contribution is -2.52. The van der Waals surface area contributed by atoms with Gasteiger partial charge in [0.25, 0.3) is 5.92 Å². The molecular weight excluding hydrogens is 408 g/mol. The van der Waals surface area contributed by atoms with Gasteiger partial charge in [-0.25, -0.2) is 8.78 Å². The highest BCUT2D eigenvalue weighted by Crippen LogP contribution is 2.40. The number of nitrogens with one attached hydrogen (secondary N) is 1. The Morgan fingerprint density at radius 3 is 2.71 bits per heavy atom. The van der Waals surface area contributed by atoms with E-state index in [9.17, 15) is 18.8 Å². The van der Waals surface area contributed by atoms with E-state index in [-0.39, 0.29) is 31.2 Å². The second kappa shape index (κ2) is 8.70. The Morgan fingerprint density at radius 2 is 2.06 bits per heavy atom. The third kappa shape index (κ3) is 5.25. The molecule has 8 nitrogen and oxygen atoms in total. The fraction of sp³-hybridized carbons (Fsp3) is 0.524. The van der Waals surface area contributed by atoms with Gasteiger partial charge in [0, 0.05) is 37.7 Å². The maximum absolute atomic E-state index is 14.6. The second-order valence-electron chi connectivity index (χ2n) is 8.23. The van der Waals surface area contributed by atoms with E-state index < -0.39 is 17.9 Å². The highest BCUT2D eigenvalue weighted by molar-refractivity contribution is 5.93. The number of carbonyl (C=O) groups is 1. The Kier molecular flexibility index (Phi) is 5.99. The van der Waals surface area contributed by atoms with Crippen LogP contribution in [-0.4, -0.2) is 52.7 Å². The number of carbonyl (C=O) groups excluding carboxylic acids is 1. The molecule has 2 aliphatic rings. The first-order chi connectivity index (χ1) is 14.8. The molecule has 1 saturated carbocycles. The van der Waals surface area contributed by atoms with Crippen LogP contribution in [0.3, 0.4) is 0 Å². The molecule has 2 aromatic heterocycles. The normalized spacial score (nSPS) is 22.0. The molecule has 31 heavy (non-hydrogen) atoms. The molecule has 10 heteroatoms. The Labute approximate surface area is 178 Å². The van der Waals surface area contributed by atoms with E-state index >= 15 is 0 Å². The van der Waals surface area contributed by atoms with Crippen LogP contribution in [0.25, 0.3) is 0 Å². The topological polar surface area (TPSA) is 94.3 Å². The number of nitrogens with zero attached hydrogens (tertiary/aromatic N) is 4. The Bertz CT molecular complexity index is 906. The van der Waals surface area contributed by atoms with Crippen LogP contribution >= 0.6 is 0 Å². The molecule has 2 aromatic rings. The van der Waals surface area contributed by atoms with Crippen LogP contribution in [0.5, 0.6) is 5.88 Å². The van der Waals surface area contributed by atoms with Crippen molar-refractivity contribution in [3.8, 4) is 5.88 Å². The van der Waals surface area contributed by atoms with Gasteiger partial charge in [-0.2, -0.15) is 4.73 Å². The summed E-state index contributed by atoms with van der Waals surface area (Å²) in [5, 5.41) is 21.8. The molecule has 1 aliphatic carbocycles. The molecule has 1 N–H and O–H groups in total. The number of aromatic nitrogens is 3. The molecule has 0 spiro atoms. The SMILES string of the molecule is C[C@@H](C(=O)Nc1ccc(OCC2CC2)nn1)N1CCC(F)(F)[C@@H](c2cc[n+]([O-])cc2)C1. The Balaban J connectivity index is 1.36. The highest BCUT2D eigenvalue weighted by atomic mass is 19.3. The summed E-state index contributed by atoms with van der Waals surface area (Å²) in [5.74, 6) is -3.08. The lowest BCUT2D eigenvalue weighted by Gasteiger charge is -2.40. The second-order valence-corrected chi connectivity index (χ2v) is 8.23. The van der Waals surface area contributed by atoms with Gasteiger partial charge in [0.2, 0.25) is 11.8 Å². The summed E-state index contributed by atoms with van der Waals surface area (Å²) in [6.45, 7) is 2.39. The Hall–Kier alpha value is -2.88. The maximum atomic E-state index is 14.6. The van der Waals surface area contributed by atoms with E-state index in [1.54, 1.807) is 24.0 Å². The van der Waals surface area contributed by atoms with Crippen molar-refractivity contribution in [2.75, 3.05) is 25.0 Å². The molecule has 1 amide bonds. The summed E-state index contributed by atoms with van der Waals surface area (Å²) >= 11 is 0. The van der Waals surface area contributed by atoms with Crippen molar-refractivity contribution in [2.24, 2.45) is 5.92 Å². The summed E-state index contributed by atoms with van der Waals surface area (Å²) in [6.07, 6.45) is 4.39. The average Bonchev–Trinajstić information content (AvgIpc) is 3.58. The van der Waals surface area contributed by atoms with E-state index in [4.69, 9.17) is 4.74 Å². The molecule has 2 atom stereocenters. The number of amides is 1. The van der Waals surface area contributed by atoms with Gasteiger partial charge in [-0.3, -0.25) is 9.69 Å². The molecule has 1 saturated heterocycles. The molecule has 0 unspecified atom stereocenters. The van der Waals surface area contributed by atoms with Crippen LogP contribution in [0, 0.1) is 11.1 Å². The number of piperidine rings is 1. The van der Waals surface area contributed by atoms with Gasteiger partial charge in [0.1, 0.15) is 0 Å². The number of rotatable bonds is 7. The number of likely N-dealkylation sites (tertiary alicyclic amines) is 1. The number of ether oxygens (including phenoxy) is 1. The minimum atomic E-state index is -2.91. The maximum Gasteiger partial charge on any atom is 0.257 e. The third-order valence-electron chi connectivity index (χ3n) is 5.87. The van der Waals surface area contributed by atoms with Gasteiger partial charge in [-0.1, -0.05) is 0 Å². The first-order valence-corrected chi connectivity index (χ1v) is 10.4. The molecule has 166 valence electrons. The summed E-state index contributed by atoms with van der Waals surface area (Å²) in [5.41, 5.74) is 0.377. The van der Waals surface area contributed by atoms with Crippen LogP contribution < -0.4 is 14.8 Å². The molecule has 3 heterocycles. The van der Waals surface area contributed by atoms with Crippen molar-refractivity contribution >= 4 is 11.7 Å². The molecule has 4 rings (SSSR count). The smallest absolute Gasteiger partial charge is 0.257 e. The number of halogens is 2. The lowest BCUT2D eigenvalue weighted by atomic mass is 9.87. The number of pyridine rings is 1. The summed E-state index contributed by atoms with van der Waals surface area (Å²) in [7, 11) is 0. The largest absolute Gasteiger partial charge is 0.619 e. The molecule has 0 bridgehead atoms. The number of hydrogen-bond acceptors (Lipinski definition) is 6. The fourth-order valence-electron chi connectivity index (χ4n) is 3.63. The Morgan fingerprint density at radius 1 is 1.32 bits per heavy atom. The zero-order valence-corrected chi connectivity index (χ0v) is 17.2. The lowest BCUT2D eigenvalue weighted by molar-refractivity contribution is -0.605. The van der Waals surface area contributed by atoms with Crippen molar-refractivity contribution in [3.05, 3.63) is 47.4 Å². The first-order valence-electron chi connectivity index (χ1n) is 10.4. The van der Waals surface area contributed by atoms with Crippen LogP contribution in [0.1, 0.15) is 37.7 Å². The van der Waals surface area contributed by atoms with Crippen LogP contribution in [0.2, 0.25) is 0 Å². The van der Waals surface area contributed by atoms with E-state index in [1.807, 2.05) is 0 Å². The molecule has 0 radical (unpaired) electrons. The van der Waals surface area contributed by atoms with Crippen molar-refractivity contribution in [3.63, 3.8) is 0 Å². The molecule has 1 aliphatic heterocycles. The van der Waals surface area contributed by atoms with Crippen molar-refractivity contribution in [1.82, 2.24) is 15.1 Å². The number of hydrogen-bond donors (Lipinski definition) is 1. The highest BCUT2D eigenvalue weighted by Gasteiger charge is 2.46. The quantitative estimate of drug-likeness (QED) is 0.532. The van der Waals surface area contributed by atoms with E-state index in [0.717, 1.165) is 0 Å². The zero-order chi connectivity index (χ0) is 22.0. The molecular formula is C21H25F2N5O3. The predicted molar refractivity (Wildman–Crippen MR) is 108 cm³/mol. The van der Waals surface area contributed by atoms with E-state index in [2.05, 4.69) is 15.5 Å². The molecule has 2 fully saturated rings. The summed E-state index contributed by atoms with van der Waals surface area (Å²) in [4.78, 5) is 14.4. The van der Waals surface area contributed by atoms with Gasteiger partial charge >= 0.3 is 0 Å². The zero-order valence-electron chi connectivity index (χ0n) is 17.2. The monoisotopic (exact) mass is 433 g/mol.